The Hall–Kier alpha value is -3.20. The van der Waals surface area contributed by atoms with Crippen LogP contribution in [0.1, 0.15) is 24.2 Å². The third-order valence-corrected chi connectivity index (χ3v) is 5.14. The quantitative estimate of drug-likeness (QED) is 0.593. The molecule has 2 aromatic heterocycles. The number of hydrogen-bond donors (Lipinski definition) is 2. The van der Waals surface area contributed by atoms with Crippen molar-refractivity contribution in [3.8, 4) is 11.4 Å². The third kappa shape index (κ3) is 4.37. The van der Waals surface area contributed by atoms with Gasteiger partial charge in [0.05, 0.1) is 5.25 Å². The van der Waals surface area contributed by atoms with E-state index in [4.69, 9.17) is 5.73 Å². The molecule has 2 amide bonds. The minimum atomic E-state index is -0.509. The first-order valence-electron chi connectivity index (χ1n) is 8.70. The van der Waals surface area contributed by atoms with E-state index in [0.29, 0.717) is 23.0 Å². The largest absolute Gasteiger partial charge is 0.366 e. The van der Waals surface area contributed by atoms with Crippen LogP contribution in [0.5, 0.6) is 0 Å². The van der Waals surface area contributed by atoms with E-state index in [1.807, 2.05) is 23.6 Å². The molecular weight excluding hydrogens is 376 g/mol. The van der Waals surface area contributed by atoms with Crippen LogP contribution in [0.2, 0.25) is 0 Å². The lowest BCUT2D eigenvalue weighted by Gasteiger charge is -2.13. The number of anilines is 1. The second kappa shape index (κ2) is 8.66. The number of amides is 2. The Bertz CT molecular complexity index is 972. The number of nitrogens with two attached hydrogens (primary N) is 1. The number of carbonyl (C=O) groups excluding carboxylic acids is 2. The monoisotopic (exact) mass is 396 g/mol. The Morgan fingerprint density at radius 3 is 2.43 bits per heavy atom. The number of aromatic nitrogens is 4. The fourth-order valence-electron chi connectivity index (χ4n) is 2.55. The van der Waals surface area contributed by atoms with Gasteiger partial charge in [0.1, 0.15) is 0 Å². The summed E-state index contributed by atoms with van der Waals surface area (Å²) in [5.74, 6) is 0.0562. The molecule has 3 rings (SSSR count). The molecule has 0 saturated heterocycles. The average Bonchev–Trinajstić information content (AvgIpc) is 3.11. The molecule has 0 saturated carbocycles. The van der Waals surface area contributed by atoms with Gasteiger partial charge in [-0.1, -0.05) is 11.8 Å². The summed E-state index contributed by atoms with van der Waals surface area (Å²) in [7, 11) is 0. The summed E-state index contributed by atoms with van der Waals surface area (Å²) in [5.41, 5.74) is 7.12. The van der Waals surface area contributed by atoms with E-state index in [9.17, 15) is 9.59 Å². The van der Waals surface area contributed by atoms with Gasteiger partial charge in [-0.2, -0.15) is 0 Å². The molecule has 0 spiro atoms. The number of nitrogens with zero attached hydrogens (tertiary/aromatic N) is 4. The van der Waals surface area contributed by atoms with Crippen molar-refractivity contribution in [3.05, 3.63) is 54.4 Å². The van der Waals surface area contributed by atoms with Crippen LogP contribution in [0.15, 0.2) is 53.9 Å². The van der Waals surface area contributed by atoms with Crippen LogP contribution in [0.3, 0.4) is 0 Å². The smallest absolute Gasteiger partial charge is 0.248 e. The highest BCUT2D eigenvalue weighted by molar-refractivity contribution is 8.00. The number of thioether (sulfide) groups is 1. The second-order valence-electron chi connectivity index (χ2n) is 5.98. The maximum Gasteiger partial charge on any atom is 0.248 e. The Morgan fingerprint density at radius 1 is 1.14 bits per heavy atom. The Morgan fingerprint density at radius 2 is 1.82 bits per heavy atom. The topological polar surface area (TPSA) is 116 Å². The van der Waals surface area contributed by atoms with E-state index in [0.717, 1.165) is 11.4 Å². The first-order chi connectivity index (χ1) is 13.5. The number of carbonyl (C=O) groups is 2. The molecule has 0 unspecified atom stereocenters. The van der Waals surface area contributed by atoms with Gasteiger partial charge in [0, 0.05) is 35.8 Å². The van der Waals surface area contributed by atoms with Crippen molar-refractivity contribution < 1.29 is 9.59 Å². The molecule has 3 N–H and O–H groups in total. The van der Waals surface area contributed by atoms with Gasteiger partial charge in [0.2, 0.25) is 11.8 Å². The fourth-order valence-corrected chi connectivity index (χ4v) is 3.46. The summed E-state index contributed by atoms with van der Waals surface area (Å²) in [5, 5.41) is 11.6. The Kier molecular flexibility index (Phi) is 6.05. The van der Waals surface area contributed by atoms with Crippen LogP contribution < -0.4 is 11.1 Å². The molecule has 9 heteroatoms. The molecule has 0 radical (unpaired) electrons. The van der Waals surface area contributed by atoms with Crippen LogP contribution in [0, 0.1) is 0 Å². The van der Waals surface area contributed by atoms with Crippen molar-refractivity contribution in [1.29, 1.82) is 0 Å². The molecule has 0 aliphatic heterocycles. The lowest BCUT2D eigenvalue weighted by atomic mass is 10.2. The summed E-state index contributed by atoms with van der Waals surface area (Å²) < 4.78 is 1.96. The lowest BCUT2D eigenvalue weighted by Crippen LogP contribution is -2.23. The minimum Gasteiger partial charge on any atom is -0.366 e. The number of rotatable bonds is 7. The summed E-state index contributed by atoms with van der Waals surface area (Å²) in [6, 6.07) is 10.2. The number of pyridine rings is 1. The zero-order chi connectivity index (χ0) is 20.1. The van der Waals surface area contributed by atoms with Gasteiger partial charge in [0.25, 0.3) is 0 Å². The van der Waals surface area contributed by atoms with E-state index in [2.05, 4.69) is 20.5 Å². The fraction of sp³-hybridized carbons (Fsp3) is 0.211. The summed E-state index contributed by atoms with van der Waals surface area (Å²) in [6.07, 6.45) is 3.41. The van der Waals surface area contributed by atoms with Crippen LogP contribution in [-0.4, -0.2) is 36.8 Å². The van der Waals surface area contributed by atoms with Gasteiger partial charge in [-0.25, -0.2) is 0 Å². The molecule has 0 fully saturated rings. The van der Waals surface area contributed by atoms with Crippen molar-refractivity contribution in [2.24, 2.45) is 5.73 Å². The van der Waals surface area contributed by atoms with Gasteiger partial charge < -0.3 is 15.6 Å². The first-order valence-corrected chi connectivity index (χ1v) is 9.58. The van der Waals surface area contributed by atoms with Crippen LogP contribution in [0.25, 0.3) is 11.4 Å². The van der Waals surface area contributed by atoms with Crippen molar-refractivity contribution >= 4 is 29.3 Å². The molecule has 28 heavy (non-hydrogen) atoms. The predicted octanol–water partition coefficient (Wildman–Crippen LogP) is 2.58. The Balaban J connectivity index is 1.70. The van der Waals surface area contributed by atoms with Crippen molar-refractivity contribution in [3.63, 3.8) is 0 Å². The maximum absolute atomic E-state index is 12.5. The standard InChI is InChI=1S/C19H20N6O2S/c1-3-25-17(14-8-10-21-11-9-14)23-24-19(25)28-12(2)18(27)22-15-6-4-13(5-7-15)16(20)26/h4-12H,3H2,1-2H3,(H2,20,26)(H,22,27)/t12-/m1/s1. The van der Waals surface area contributed by atoms with E-state index >= 15 is 0 Å². The van der Waals surface area contributed by atoms with Gasteiger partial charge in [0.15, 0.2) is 11.0 Å². The zero-order valence-corrected chi connectivity index (χ0v) is 16.3. The van der Waals surface area contributed by atoms with Gasteiger partial charge in [-0.3, -0.25) is 14.6 Å². The molecule has 3 aromatic rings. The number of benzene rings is 1. The normalized spacial score (nSPS) is 11.8. The van der Waals surface area contributed by atoms with Crippen LogP contribution >= 0.6 is 11.8 Å². The van der Waals surface area contributed by atoms with E-state index in [1.54, 1.807) is 43.6 Å². The first kappa shape index (κ1) is 19.6. The molecule has 8 nitrogen and oxygen atoms in total. The lowest BCUT2D eigenvalue weighted by molar-refractivity contribution is -0.115. The number of primary amides is 1. The number of nitrogens with one attached hydrogen (secondary N) is 1. The zero-order valence-electron chi connectivity index (χ0n) is 15.5. The highest BCUT2D eigenvalue weighted by atomic mass is 32.2. The summed E-state index contributed by atoms with van der Waals surface area (Å²) in [4.78, 5) is 27.7. The highest BCUT2D eigenvalue weighted by Gasteiger charge is 2.20. The second-order valence-corrected chi connectivity index (χ2v) is 7.29. The Labute approximate surface area is 166 Å². The molecular formula is C19H20N6O2S. The molecule has 1 atom stereocenters. The van der Waals surface area contributed by atoms with Gasteiger partial charge >= 0.3 is 0 Å². The van der Waals surface area contributed by atoms with Crippen molar-refractivity contribution in [2.75, 3.05) is 5.32 Å². The van der Waals surface area contributed by atoms with E-state index in [-0.39, 0.29) is 5.91 Å². The molecule has 144 valence electrons. The highest BCUT2D eigenvalue weighted by Crippen LogP contribution is 2.27. The third-order valence-electron chi connectivity index (χ3n) is 4.06. The molecule has 2 heterocycles. The molecule has 1 aromatic carbocycles. The van der Waals surface area contributed by atoms with Gasteiger partial charge in [-0.15, -0.1) is 10.2 Å². The summed E-state index contributed by atoms with van der Waals surface area (Å²) in [6.45, 7) is 4.48. The van der Waals surface area contributed by atoms with Crippen molar-refractivity contribution in [1.82, 2.24) is 19.7 Å². The van der Waals surface area contributed by atoms with Crippen LogP contribution in [0.4, 0.5) is 5.69 Å². The molecule has 0 aliphatic carbocycles. The molecule has 0 bridgehead atoms. The van der Waals surface area contributed by atoms with Gasteiger partial charge in [-0.05, 0) is 50.2 Å². The maximum atomic E-state index is 12.5. The van der Waals surface area contributed by atoms with Crippen molar-refractivity contribution in [2.45, 2.75) is 30.8 Å². The SMILES string of the molecule is CCn1c(S[C@H](C)C(=O)Nc2ccc(C(N)=O)cc2)nnc1-c1ccncc1. The minimum absolute atomic E-state index is 0.173. The summed E-state index contributed by atoms with van der Waals surface area (Å²) >= 11 is 1.33. The van der Waals surface area contributed by atoms with Crippen LogP contribution in [-0.2, 0) is 11.3 Å². The number of hydrogen-bond acceptors (Lipinski definition) is 6. The van der Waals surface area contributed by atoms with E-state index < -0.39 is 11.2 Å². The average molecular weight is 396 g/mol. The predicted molar refractivity (Wildman–Crippen MR) is 108 cm³/mol. The van der Waals surface area contributed by atoms with E-state index in [1.165, 1.54) is 11.8 Å². The molecule has 0 aliphatic rings.